The molecule has 5 aliphatic carbocycles. The van der Waals surface area contributed by atoms with E-state index < -0.39 is 71.7 Å². The molecule has 0 aromatic carbocycles. The van der Waals surface area contributed by atoms with Crippen LogP contribution < -0.4 is 0 Å². The lowest BCUT2D eigenvalue weighted by atomic mass is 9.33. The maximum absolute atomic E-state index is 14.5. The van der Waals surface area contributed by atoms with E-state index in [1.165, 1.54) is 0 Å². The minimum atomic E-state index is -1.70. The topological polar surface area (TPSA) is 177 Å². The van der Waals surface area contributed by atoms with E-state index in [1.807, 2.05) is 20.8 Å². The highest BCUT2D eigenvalue weighted by molar-refractivity contribution is 5.79. The molecule has 4 saturated carbocycles. The Bertz CT molecular complexity index is 1240. The predicted octanol–water partition coefficient (Wildman–Crippen LogP) is 2.44. The first-order chi connectivity index (χ1) is 21.4. The minimum absolute atomic E-state index is 0.0435. The molecular weight excluding hydrogens is 592 g/mol. The highest BCUT2D eigenvalue weighted by Gasteiger charge is 2.72. The Hall–Kier alpha value is -1.11. The first kappa shape index (κ1) is 34.7. The summed E-state index contributed by atoms with van der Waals surface area (Å²) in [6.45, 7) is 12.3. The number of esters is 1. The second-order valence-corrected chi connectivity index (χ2v) is 17.4. The van der Waals surface area contributed by atoms with Crippen LogP contribution in [0.15, 0.2) is 11.6 Å². The molecule has 16 atom stereocenters. The van der Waals surface area contributed by atoms with Gasteiger partial charge in [-0.3, -0.25) is 4.79 Å². The Kier molecular flexibility index (Phi) is 8.46. The molecule has 10 unspecified atom stereocenters. The van der Waals surface area contributed by atoms with Gasteiger partial charge in [-0.05, 0) is 98.7 Å². The van der Waals surface area contributed by atoms with E-state index in [0.29, 0.717) is 38.0 Å². The highest BCUT2D eigenvalue weighted by atomic mass is 16.7. The van der Waals surface area contributed by atoms with Crippen molar-refractivity contribution in [3.63, 3.8) is 0 Å². The van der Waals surface area contributed by atoms with Crippen molar-refractivity contribution in [1.29, 1.82) is 0 Å². The van der Waals surface area contributed by atoms with Crippen LogP contribution in [0.4, 0.5) is 0 Å². The van der Waals surface area contributed by atoms with Crippen molar-refractivity contribution in [2.45, 2.75) is 142 Å². The van der Waals surface area contributed by atoms with E-state index in [2.05, 4.69) is 26.8 Å². The van der Waals surface area contributed by atoms with Crippen LogP contribution in [0.3, 0.4) is 0 Å². The fourth-order valence-corrected chi connectivity index (χ4v) is 12.3. The lowest BCUT2D eigenvalue weighted by Crippen LogP contribution is -2.68. The summed E-state index contributed by atoms with van der Waals surface area (Å²) in [4.78, 5) is 14.5. The van der Waals surface area contributed by atoms with Gasteiger partial charge in [0.1, 0.15) is 24.4 Å². The van der Waals surface area contributed by atoms with Gasteiger partial charge in [-0.15, -0.1) is 0 Å². The molecule has 10 heteroatoms. The molecule has 1 saturated heterocycles. The van der Waals surface area contributed by atoms with E-state index in [4.69, 9.17) is 9.47 Å². The van der Waals surface area contributed by atoms with E-state index in [-0.39, 0.29) is 34.7 Å². The molecule has 46 heavy (non-hydrogen) atoms. The standard InChI is InChI=1S/C36H58O10/c1-19-9-14-36(30(43)46-29-27(42)26(41)25(40)21(17-37)45-29)16-15-33(4)20(28(36)35(19,6)44)7-8-23-31(2)12-11-24(39)32(3,18-38)22(31)10-13-34(23,33)5/h7,19,21-29,37-42,44H,8-18H2,1-6H3/t19?,21?,22?,23?,24?,25?,26?,27?,28?,29?,31-,32-,33+,34+,35+,36-/m0/s1. The molecule has 6 aliphatic rings. The van der Waals surface area contributed by atoms with Crippen molar-refractivity contribution < 1.29 is 50.0 Å². The number of ether oxygens (including phenoxy) is 2. The van der Waals surface area contributed by atoms with E-state index in [9.17, 15) is 40.5 Å². The average molecular weight is 651 g/mol. The zero-order valence-electron chi connectivity index (χ0n) is 28.5. The highest BCUT2D eigenvalue weighted by Crippen LogP contribution is 2.76. The van der Waals surface area contributed by atoms with Crippen LogP contribution in [0.25, 0.3) is 0 Å². The lowest BCUT2D eigenvalue weighted by molar-refractivity contribution is -0.299. The van der Waals surface area contributed by atoms with Gasteiger partial charge in [0.05, 0.1) is 30.3 Å². The van der Waals surface area contributed by atoms with Crippen molar-refractivity contribution in [2.24, 2.45) is 50.7 Å². The third-order valence-corrected chi connectivity index (χ3v) is 15.7. The average Bonchev–Trinajstić information content (AvgIpc) is 3.01. The summed E-state index contributed by atoms with van der Waals surface area (Å²) in [5.41, 5.74) is -2.34. The molecule has 1 aliphatic heterocycles. The second kappa shape index (κ2) is 11.2. The van der Waals surface area contributed by atoms with Crippen LogP contribution in [0, 0.1) is 50.7 Å². The molecular formula is C36H58O10. The van der Waals surface area contributed by atoms with Crippen LogP contribution >= 0.6 is 0 Å². The molecule has 0 aromatic rings. The molecule has 5 fully saturated rings. The van der Waals surface area contributed by atoms with Crippen molar-refractivity contribution in [1.82, 2.24) is 0 Å². The van der Waals surface area contributed by atoms with Crippen LogP contribution in [0.2, 0.25) is 0 Å². The van der Waals surface area contributed by atoms with E-state index >= 15 is 0 Å². The van der Waals surface area contributed by atoms with Crippen molar-refractivity contribution in [3.05, 3.63) is 11.6 Å². The molecule has 10 nitrogen and oxygen atoms in total. The van der Waals surface area contributed by atoms with Gasteiger partial charge in [-0.25, -0.2) is 0 Å². The van der Waals surface area contributed by atoms with E-state index in [1.54, 1.807) is 0 Å². The summed E-state index contributed by atoms with van der Waals surface area (Å²) in [5.74, 6) is -0.749. The summed E-state index contributed by atoms with van der Waals surface area (Å²) >= 11 is 0. The number of allylic oxidation sites excluding steroid dienone is 1. The Labute approximate surface area is 273 Å². The SMILES string of the molecule is CC1CC[C@]2(C(=O)OC3OC(CO)C(O)C(O)C3O)CC[C@]3(C)C(=CCC4[C@@]5(C)CCC(O)[C@@](C)(CO)C5CC[C@]43C)C2[C@]1(C)O. The van der Waals surface area contributed by atoms with Gasteiger partial charge in [0.15, 0.2) is 0 Å². The number of hydrogen-bond acceptors (Lipinski definition) is 10. The Morgan fingerprint density at radius 1 is 0.891 bits per heavy atom. The van der Waals surface area contributed by atoms with Gasteiger partial charge in [-0.1, -0.05) is 46.3 Å². The Morgan fingerprint density at radius 2 is 1.59 bits per heavy atom. The van der Waals surface area contributed by atoms with Crippen molar-refractivity contribution in [2.75, 3.05) is 13.2 Å². The molecule has 0 aromatic heterocycles. The number of carbonyl (C=O) groups is 1. The number of aliphatic hydroxyl groups excluding tert-OH is 6. The van der Waals surface area contributed by atoms with Crippen LogP contribution in [-0.4, -0.2) is 97.3 Å². The summed E-state index contributed by atoms with van der Waals surface area (Å²) in [6, 6.07) is 0. The summed E-state index contributed by atoms with van der Waals surface area (Å²) in [7, 11) is 0. The zero-order chi connectivity index (χ0) is 33.8. The number of aliphatic hydroxyl groups is 7. The van der Waals surface area contributed by atoms with Gasteiger partial charge in [0.25, 0.3) is 0 Å². The fraction of sp³-hybridized carbons (Fsp3) is 0.917. The van der Waals surface area contributed by atoms with Gasteiger partial charge in [0, 0.05) is 11.3 Å². The third-order valence-electron chi connectivity index (χ3n) is 15.7. The lowest BCUT2D eigenvalue weighted by Gasteiger charge is -2.72. The van der Waals surface area contributed by atoms with Crippen molar-refractivity contribution in [3.8, 4) is 0 Å². The number of fused-ring (bicyclic) bond motifs is 7. The molecule has 0 spiro atoms. The first-order valence-corrected chi connectivity index (χ1v) is 17.6. The summed E-state index contributed by atoms with van der Waals surface area (Å²) in [5, 5.41) is 75.0. The first-order valence-electron chi connectivity index (χ1n) is 17.6. The van der Waals surface area contributed by atoms with Gasteiger partial charge in [0.2, 0.25) is 6.29 Å². The number of rotatable bonds is 4. The number of carbonyl (C=O) groups excluding carboxylic acids is 1. The van der Waals surface area contributed by atoms with Gasteiger partial charge in [-0.2, -0.15) is 0 Å². The second-order valence-electron chi connectivity index (χ2n) is 17.4. The zero-order valence-corrected chi connectivity index (χ0v) is 28.5. The molecule has 0 bridgehead atoms. The molecule has 262 valence electrons. The molecule has 6 rings (SSSR count). The monoisotopic (exact) mass is 650 g/mol. The summed E-state index contributed by atoms with van der Waals surface area (Å²) < 4.78 is 11.5. The largest absolute Gasteiger partial charge is 0.432 e. The molecule has 7 N–H and O–H groups in total. The fourth-order valence-electron chi connectivity index (χ4n) is 12.3. The van der Waals surface area contributed by atoms with Gasteiger partial charge >= 0.3 is 5.97 Å². The van der Waals surface area contributed by atoms with Crippen LogP contribution in [-0.2, 0) is 14.3 Å². The Balaban J connectivity index is 1.39. The normalized spacial score (nSPS) is 56.8. The maximum Gasteiger partial charge on any atom is 0.315 e. The number of hydrogen-bond donors (Lipinski definition) is 7. The quantitative estimate of drug-likeness (QED) is 0.177. The summed E-state index contributed by atoms with van der Waals surface area (Å²) in [6.07, 6.45) is 0.492. The van der Waals surface area contributed by atoms with Crippen LogP contribution in [0.5, 0.6) is 0 Å². The maximum atomic E-state index is 14.5. The smallest absolute Gasteiger partial charge is 0.315 e. The van der Waals surface area contributed by atoms with Crippen molar-refractivity contribution >= 4 is 5.97 Å². The minimum Gasteiger partial charge on any atom is -0.432 e. The Morgan fingerprint density at radius 3 is 2.24 bits per heavy atom. The van der Waals surface area contributed by atoms with Gasteiger partial charge < -0.3 is 45.2 Å². The molecule has 1 heterocycles. The predicted molar refractivity (Wildman–Crippen MR) is 168 cm³/mol. The van der Waals surface area contributed by atoms with E-state index in [0.717, 1.165) is 31.3 Å². The van der Waals surface area contributed by atoms with Crippen LogP contribution in [0.1, 0.15) is 99.3 Å². The molecule has 0 radical (unpaired) electrons. The molecule has 0 amide bonds. The third kappa shape index (κ3) is 4.39.